The third-order valence-electron chi connectivity index (χ3n) is 6.00. The molecule has 8 heteroatoms. The lowest BCUT2D eigenvalue weighted by molar-refractivity contribution is -0.133. The first-order valence-electron chi connectivity index (χ1n) is 10.8. The second-order valence-corrected chi connectivity index (χ2v) is 8.21. The molecule has 1 aliphatic heterocycles. The number of benzene rings is 2. The van der Waals surface area contributed by atoms with Crippen LogP contribution in [-0.4, -0.2) is 46.7 Å². The Morgan fingerprint density at radius 1 is 1.09 bits per heavy atom. The maximum absolute atomic E-state index is 13.2. The number of hydrogen-bond acceptors (Lipinski definition) is 6. The molecule has 0 bridgehead atoms. The fourth-order valence-electron chi connectivity index (χ4n) is 4.39. The van der Waals surface area contributed by atoms with Gasteiger partial charge < -0.3 is 16.0 Å². The van der Waals surface area contributed by atoms with Crippen molar-refractivity contribution in [3.8, 4) is 11.1 Å². The van der Waals surface area contributed by atoms with Crippen molar-refractivity contribution in [2.75, 3.05) is 25.4 Å². The van der Waals surface area contributed by atoms with E-state index in [0.29, 0.717) is 32.4 Å². The lowest BCUT2D eigenvalue weighted by Gasteiger charge is -2.41. The number of carbonyl (C=O) groups excluding carboxylic acids is 2. The summed E-state index contributed by atoms with van der Waals surface area (Å²) in [6.07, 6.45) is 1.93. The third-order valence-corrected chi connectivity index (χ3v) is 6.00. The van der Waals surface area contributed by atoms with E-state index in [-0.39, 0.29) is 29.9 Å². The number of nitrogens with one attached hydrogen (secondary N) is 1. The molecule has 1 aromatic heterocycles. The quantitative estimate of drug-likeness (QED) is 0.618. The predicted octanol–water partition coefficient (Wildman–Crippen LogP) is 2.92. The first-order valence-corrected chi connectivity index (χ1v) is 10.8. The van der Waals surface area contributed by atoms with Crippen LogP contribution in [0.2, 0.25) is 0 Å². The van der Waals surface area contributed by atoms with E-state index in [1.54, 1.807) is 4.90 Å². The molecule has 8 nitrogen and oxygen atoms in total. The fourth-order valence-corrected chi connectivity index (χ4v) is 4.39. The number of nitrogens with zero attached hydrogens (tertiary/aromatic N) is 3. The minimum absolute atomic E-state index is 0.0103. The molecule has 2 heterocycles. The fraction of sp³-hybridized carbons (Fsp3) is 0.333. The average molecular weight is 434 g/mol. The van der Waals surface area contributed by atoms with E-state index in [1.807, 2.05) is 25.1 Å². The molecule has 2 aromatic carbocycles. The number of aromatic nitrogens is 2. The second kappa shape index (κ2) is 9.21. The lowest BCUT2D eigenvalue weighted by Crippen LogP contribution is -2.54. The number of likely N-dealkylation sites (tertiary alicyclic amines) is 1. The molecule has 4 rings (SSSR count). The van der Waals surface area contributed by atoms with Crippen LogP contribution >= 0.6 is 0 Å². The van der Waals surface area contributed by atoms with Crippen molar-refractivity contribution in [2.24, 2.45) is 5.41 Å². The number of carbonyl (C=O) groups is 2. The Bertz CT molecular complexity index is 1080. The minimum atomic E-state index is -0.732. The van der Waals surface area contributed by atoms with Crippen molar-refractivity contribution in [2.45, 2.75) is 26.2 Å². The summed E-state index contributed by atoms with van der Waals surface area (Å²) in [4.78, 5) is 27.8. The van der Waals surface area contributed by atoms with Gasteiger partial charge in [0.1, 0.15) is 0 Å². The van der Waals surface area contributed by atoms with Crippen LogP contribution in [0.5, 0.6) is 0 Å². The molecule has 3 aromatic rings. The van der Waals surface area contributed by atoms with Crippen molar-refractivity contribution in [1.29, 1.82) is 0 Å². The van der Waals surface area contributed by atoms with Gasteiger partial charge in [-0.1, -0.05) is 54.6 Å². The van der Waals surface area contributed by atoms with Gasteiger partial charge in [0.05, 0.1) is 5.41 Å². The topological polar surface area (TPSA) is 114 Å². The number of hydrogen-bond donors (Lipinski definition) is 2. The molecule has 1 saturated heterocycles. The maximum atomic E-state index is 13.2. The highest BCUT2D eigenvalue weighted by molar-refractivity contribution is 5.96. The standard InChI is InChI=1S/C24H27N5O3/c1-2-26-23(31)24(13-6-14-29(16-24)22(30)20-21(25)28-32-27-20)15-17-9-11-19(12-10-17)18-7-4-3-5-8-18/h3-5,7-12H,2,6,13-16H2,1H3,(H2,25,28)(H,26,31)/t24-/m0/s1. The van der Waals surface area contributed by atoms with Gasteiger partial charge >= 0.3 is 0 Å². The molecular formula is C24H27N5O3. The Hall–Kier alpha value is -3.68. The molecule has 2 amide bonds. The number of amides is 2. The zero-order chi connectivity index (χ0) is 22.6. The van der Waals surface area contributed by atoms with Crippen LogP contribution in [0.25, 0.3) is 11.1 Å². The summed E-state index contributed by atoms with van der Waals surface area (Å²) in [5.41, 5.74) is 8.29. The van der Waals surface area contributed by atoms with Crippen LogP contribution < -0.4 is 11.1 Å². The highest BCUT2D eigenvalue weighted by Crippen LogP contribution is 2.35. The Balaban J connectivity index is 1.58. The largest absolute Gasteiger partial charge is 0.379 e. The van der Waals surface area contributed by atoms with Crippen molar-refractivity contribution < 1.29 is 14.2 Å². The van der Waals surface area contributed by atoms with Gasteiger partial charge in [0.25, 0.3) is 5.91 Å². The second-order valence-electron chi connectivity index (χ2n) is 8.21. The van der Waals surface area contributed by atoms with Crippen LogP contribution in [0.3, 0.4) is 0 Å². The van der Waals surface area contributed by atoms with E-state index in [1.165, 1.54) is 0 Å². The van der Waals surface area contributed by atoms with Gasteiger partial charge in [-0.3, -0.25) is 9.59 Å². The van der Waals surface area contributed by atoms with E-state index in [0.717, 1.165) is 16.7 Å². The third kappa shape index (κ3) is 4.34. The molecule has 1 aliphatic rings. The lowest BCUT2D eigenvalue weighted by atomic mass is 9.74. The maximum Gasteiger partial charge on any atom is 0.280 e. The SMILES string of the molecule is CCNC(=O)[C@]1(Cc2ccc(-c3ccccc3)cc2)CCCN(C(=O)c2nonc2N)C1. The number of rotatable bonds is 6. The summed E-state index contributed by atoms with van der Waals surface area (Å²) in [5.74, 6) is -0.451. The van der Waals surface area contributed by atoms with Gasteiger partial charge in [-0.15, -0.1) is 0 Å². The van der Waals surface area contributed by atoms with Crippen LogP contribution in [0, 0.1) is 5.41 Å². The first kappa shape index (κ1) is 21.5. The zero-order valence-corrected chi connectivity index (χ0v) is 18.1. The van der Waals surface area contributed by atoms with Gasteiger partial charge in [-0.2, -0.15) is 0 Å². The van der Waals surface area contributed by atoms with Gasteiger partial charge in [0.2, 0.25) is 17.4 Å². The molecule has 0 saturated carbocycles. The molecule has 3 N–H and O–H groups in total. The zero-order valence-electron chi connectivity index (χ0n) is 18.1. The van der Waals surface area contributed by atoms with Crippen molar-refractivity contribution in [1.82, 2.24) is 20.5 Å². The number of anilines is 1. The minimum Gasteiger partial charge on any atom is -0.379 e. The first-order chi connectivity index (χ1) is 15.5. The van der Waals surface area contributed by atoms with Gasteiger partial charge in [-0.25, -0.2) is 4.63 Å². The molecule has 0 spiro atoms. The van der Waals surface area contributed by atoms with Gasteiger partial charge in [0, 0.05) is 19.6 Å². The molecule has 166 valence electrons. The summed E-state index contributed by atoms with van der Waals surface area (Å²) in [6.45, 7) is 3.24. The van der Waals surface area contributed by atoms with Crippen molar-refractivity contribution >= 4 is 17.6 Å². The van der Waals surface area contributed by atoms with Crippen molar-refractivity contribution in [3.05, 3.63) is 65.9 Å². The number of nitrogens with two attached hydrogens (primary N) is 1. The Morgan fingerprint density at radius 2 is 1.81 bits per heavy atom. The Morgan fingerprint density at radius 3 is 2.47 bits per heavy atom. The van der Waals surface area contributed by atoms with Crippen LogP contribution in [-0.2, 0) is 11.2 Å². The molecule has 0 radical (unpaired) electrons. The summed E-state index contributed by atoms with van der Waals surface area (Å²) in [6, 6.07) is 18.4. The van der Waals surface area contributed by atoms with E-state index in [4.69, 9.17) is 5.73 Å². The highest BCUT2D eigenvalue weighted by atomic mass is 16.6. The van der Waals surface area contributed by atoms with Crippen LogP contribution in [0.15, 0.2) is 59.2 Å². The van der Waals surface area contributed by atoms with Gasteiger partial charge in [-0.05, 0) is 53.2 Å². The Labute approximate surface area is 186 Å². The van der Waals surface area contributed by atoms with Crippen molar-refractivity contribution in [3.63, 3.8) is 0 Å². The molecule has 0 unspecified atom stereocenters. The van der Waals surface area contributed by atoms with E-state index in [2.05, 4.69) is 56.7 Å². The van der Waals surface area contributed by atoms with E-state index in [9.17, 15) is 9.59 Å². The summed E-state index contributed by atoms with van der Waals surface area (Å²) in [7, 11) is 0. The monoisotopic (exact) mass is 433 g/mol. The van der Waals surface area contributed by atoms with Crippen LogP contribution in [0.4, 0.5) is 5.82 Å². The number of piperidine rings is 1. The summed E-state index contributed by atoms with van der Waals surface area (Å²) in [5, 5.41) is 10.1. The molecular weight excluding hydrogens is 406 g/mol. The molecule has 1 fully saturated rings. The summed E-state index contributed by atoms with van der Waals surface area (Å²) >= 11 is 0. The van der Waals surface area contributed by atoms with Crippen LogP contribution in [0.1, 0.15) is 35.8 Å². The molecule has 0 aliphatic carbocycles. The number of nitrogen functional groups attached to an aromatic ring is 1. The highest BCUT2D eigenvalue weighted by Gasteiger charge is 2.44. The average Bonchev–Trinajstić information content (AvgIpc) is 3.26. The predicted molar refractivity (Wildman–Crippen MR) is 121 cm³/mol. The van der Waals surface area contributed by atoms with Gasteiger partial charge in [0.15, 0.2) is 0 Å². The normalized spacial score (nSPS) is 18.3. The Kier molecular flexibility index (Phi) is 6.20. The van der Waals surface area contributed by atoms with E-state index < -0.39 is 5.41 Å². The molecule has 1 atom stereocenters. The van der Waals surface area contributed by atoms with E-state index >= 15 is 0 Å². The molecule has 32 heavy (non-hydrogen) atoms. The smallest absolute Gasteiger partial charge is 0.280 e. The summed E-state index contributed by atoms with van der Waals surface area (Å²) < 4.78 is 4.59.